The van der Waals surface area contributed by atoms with Gasteiger partial charge >= 0.3 is 0 Å². The second-order valence-corrected chi connectivity index (χ2v) is 1.96. The Balaban J connectivity index is 0.000000810. The molecule has 0 aliphatic heterocycles. The molecule has 3 heteroatoms. The lowest BCUT2D eigenvalue weighted by atomic mass is 10.6. The third kappa shape index (κ3) is 2.12. The molecule has 1 aromatic rings. The summed E-state index contributed by atoms with van der Waals surface area (Å²) in [7, 11) is 1.97. The number of rotatable bonds is 1. The summed E-state index contributed by atoms with van der Waals surface area (Å²) in [6.07, 6.45) is 10.9. The molecule has 0 fully saturated rings. The first-order valence-corrected chi connectivity index (χ1v) is 2.77. The molecule has 0 aromatic carbocycles. The van der Waals surface area contributed by atoms with Crippen LogP contribution >= 0.6 is 0 Å². The van der Waals surface area contributed by atoms with E-state index in [1.54, 1.807) is 0 Å². The molecular formula is C7H9ClN2. The molecule has 0 aliphatic rings. The predicted molar refractivity (Wildman–Crippen MR) is 34.4 cm³/mol. The minimum absolute atomic E-state index is 0. The van der Waals surface area contributed by atoms with Crippen LogP contribution in [0.15, 0.2) is 18.7 Å². The fourth-order valence-corrected chi connectivity index (χ4v) is 0.701. The number of aromatic nitrogens is 2. The van der Waals surface area contributed by atoms with Gasteiger partial charge in [-0.15, -0.1) is 6.42 Å². The molecular weight excluding hydrogens is 148 g/mol. The number of imidazole rings is 1. The Kier molecular flexibility index (Phi) is 3.60. The summed E-state index contributed by atoms with van der Waals surface area (Å²) in [5.74, 6) is 2.55. The van der Waals surface area contributed by atoms with Crippen molar-refractivity contribution in [3.05, 3.63) is 18.7 Å². The van der Waals surface area contributed by atoms with E-state index >= 15 is 0 Å². The van der Waals surface area contributed by atoms with Gasteiger partial charge in [-0.25, -0.2) is 9.13 Å². The topological polar surface area (TPSA) is 8.81 Å². The van der Waals surface area contributed by atoms with E-state index in [1.807, 2.05) is 34.9 Å². The van der Waals surface area contributed by atoms with Gasteiger partial charge < -0.3 is 12.4 Å². The molecule has 0 saturated heterocycles. The molecule has 0 bridgehead atoms. The highest BCUT2D eigenvalue weighted by molar-refractivity contribution is 4.78. The van der Waals surface area contributed by atoms with Crippen LogP contribution in [0.1, 0.15) is 0 Å². The number of terminal acetylenes is 1. The highest BCUT2D eigenvalue weighted by Crippen LogP contribution is 1.74. The summed E-state index contributed by atoms with van der Waals surface area (Å²) in [6, 6.07) is 0. The molecule has 0 aliphatic carbocycles. The zero-order valence-corrected chi connectivity index (χ0v) is 6.54. The normalized spacial score (nSPS) is 8.00. The highest BCUT2D eigenvalue weighted by Gasteiger charge is 1.93. The van der Waals surface area contributed by atoms with E-state index in [9.17, 15) is 0 Å². The predicted octanol–water partition coefficient (Wildman–Crippen LogP) is -3.05. The first-order chi connectivity index (χ1) is 4.33. The summed E-state index contributed by atoms with van der Waals surface area (Å²) >= 11 is 0. The standard InChI is InChI=1S/C7H9N2.ClH/c1-3-4-9-6-5-8(2)7-9;/h1,5-7H,4H2,2H3;1H/q+1;/p-1. The summed E-state index contributed by atoms with van der Waals surface area (Å²) in [5.41, 5.74) is 0. The first-order valence-electron chi connectivity index (χ1n) is 2.77. The number of halogens is 1. The Morgan fingerprint density at radius 2 is 2.40 bits per heavy atom. The van der Waals surface area contributed by atoms with Crippen molar-refractivity contribution in [3.63, 3.8) is 0 Å². The van der Waals surface area contributed by atoms with Crippen LogP contribution in [0.3, 0.4) is 0 Å². The third-order valence-corrected chi connectivity index (χ3v) is 1.10. The van der Waals surface area contributed by atoms with Gasteiger partial charge in [-0.3, -0.25) is 0 Å². The van der Waals surface area contributed by atoms with Crippen LogP contribution in [0.4, 0.5) is 0 Å². The minimum atomic E-state index is 0. The summed E-state index contributed by atoms with van der Waals surface area (Å²) in [5, 5.41) is 0. The maximum atomic E-state index is 5.09. The average molecular weight is 157 g/mol. The quantitative estimate of drug-likeness (QED) is 0.302. The van der Waals surface area contributed by atoms with Crippen molar-refractivity contribution < 1.29 is 17.0 Å². The summed E-state index contributed by atoms with van der Waals surface area (Å²) in [4.78, 5) is 0. The molecule has 1 heterocycles. The Bertz CT molecular complexity index is 234. The Hall–Kier alpha value is -0.940. The van der Waals surface area contributed by atoms with Gasteiger partial charge in [0.05, 0.1) is 7.05 Å². The van der Waals surface area contributed by atoms with Crippen molar-refractivity contribution in [2.45, 2.75) is 6.54 Å². The van der Waals surface area contributed by atoms with Crippen molar-refractivity contribution in [1.29, 1.82) is 0 Å². The molecule has 0 unspecified atom stereocenters. The Morgan fingerprint density at radius 1 is 1.70 bits per heavy atom. The van der Waals surface area contributed by atoms with E-state index in [1.165, 1.54) is 0 Å². The number of aryl methyl sites for hydroxylation is 1. The lowest BCUT2D eigenvalue weighted by molar-refractivity contribution is -0.684. The molecule has 1 aromatic heterocycles. The smallest absolute Gasteiger partial charge is 0.244 e. The molecule has 1 rings (SSSR count). The van der Waals surface area contributed by atoms with Gasteiger partial charge in [0.25, 0.3) is 0 Å². The van der Waals surface area contributed by atoms with E-state index in [0.29, 0.717) is 6.54 Å². The van der Waals surface area contributed by atoms with Crippen LogP contribution in [0.2, 0.25) is 0 Å². The SMILES string of the molecule is C#CC[n+]1ccn(C)c1.[Cl-]. The largest absolute Gasteiger partial charge is 1.00 e. The van der Waals surface area contributed by atoms with Crippen LogP contribution in [0.5, 0.6) is 0 Å². The van der Waals surface area contributed by atoms with Gasteiger partial charge in [-0.2, -0.15) is 0 Å². The van der Waals surface area contributed by atoms with Crippen molar-refractivity contribution >= 4 is 0 Å². The molecule has 0 N–H and O–H groups in total. The number of hydrogen-bond donors (Lipinski definition) is 0. The summed E-state index contributed by atoms with van der Waals surface area (Å²) in [6.45, 7) is 0.654. The maximum Gasteiger partial charge on any atom is 0.244 e. The van der Waals surface area contributed by atoms with Crippen LogP contribution < -0.4 is 17.0 Å². The molecule has 0 amide bonds. The lowest BCUT2D eigenvalue weighted by Gasteiger charge is -1.81. The van der Waals surface area contributed by atoms with Crippen LogP contribution in [-0.2, 0) is 13.6 Å². The van der Waals surface area contributed by atoms with Crippen molar-refractivity contribution in [2.24, 2.45) is 7.05 Å². The van der Waals surface area contributed by atoms with Gasteiger partial charge in [0, 0.05) is 0 Å². The zero-order valence-electron chi connectivity index (χ0n) is 5.79. The fraction of sp³-hybridized carbons (Fsp3) is 0.286. The maximum absolute atomic E-state index is 5.09. The minimum Gasteiger partial charge on any atom is -1.00 e. The van der Waals surface area contributed by atoms with Gasteiger partial charge in [-0.05, 0) is 0 Å². The Morgan fingerprint density at radius 3 is 2.80 bits per heavy atom. The lowest BCUT2D eigenvalue weighted by Crippen LogP contribution is -3.00. The molecule has 2 nitrogen and oxygen atoms in total. The molecule has 54 valence electrons. The van der Waals surface area contributed by atoms with Crippen LogP contribution in [0, 0.1) is 12.3 Å². The van der Waals surface area contributed by atoms with Gasteiger partial charge in [0.2, 0.25) is 6.33 Å². The van der Waals surface area contributed by atoms with Crippen LogP contribution in [0.25, 0.3) is 0 Å². The average Bonchev–Trinajstić information content (AvgIpc) is 2.17. The molecule has 0 spiro atoms. The van der Waals surface area contributed by atoms with E-state index in [4.69, 9.17) is 6.42 Å². The number of hydrogen-bond acceptors (Lipinski definition) is 0. The summed E-state index contributed by atoms with van der Waals surface area (Å²) < 4.78 is 3.90. The second-order valence-electron chi connectivity index (χ2n) is 1.96. The highest BCUT2D eigenvalue weighted by atomic mass is 35.5. The third-order valence-electron chi connectivity index (χ3n) is 1.10. The van der Waals surface area contributed by atoms with Crippen LogP contribution in [-0.4, -0.2) is 4.57 Å². The van der Waals surface area contributed by atoms with Gasteiger partial charge in [0.1, 0.15) is 12.4 Å². The Labute approximate surface area is 66.9 Å². The van der Waals surface area contributed by atoms with Crippen molar-refractivity contribution in [2.75, 3.05) is 0 Å². The van der Waals surface area contributed by atoms with Gasteiger partial charge in [0.15, 0.2) is 6.54 Å². The van der Waals surface area contributed by atoms with Crippen molar-refractivity contribution in [3.8, 4) is 12.3 Å². The zero-order chi connectivity index (χ0) is 6.69. The van der Waals surface area contributed by atoms with E-state index in [-0.39, 0.29) is 12.4 Å². The molecule has 0 saturated carbocycles. The number of nitrogens with zero attached hydrogens (tertiary/aromatic N) is 2. The monoisotopic (exact) mass is 156 g/mol. The second kappa shape index (κ2) is 3.97. The van der Waals surface area contributed by atoms with Crippen molar-refractivity contribution in [1.82, 2.24) is 4.57 Å². The molecule has 0 atom stereocenters. The first kappa shape index (κ1) is 9.06. The molecule has 10 heavy (non-hydrogen) atoms. The van der Waals surface area contributed by atoms with Gasteiger partial charge in [-0.1, -0.05) is 5.92 Å². The van der Waals surface area contributed by atoms with E-state index in [2.05, 4.69) is 5.92 Å². The van der Waals surface area contributed by atoms with E-state index < -0.39 is 0 Å². The fourth-order valence-electron chi connectivity index (χ4n) is 0.701. The molecule has 0 radical (unpaired) electrons. The van der Waals surface area contributed by atoms with E-state index in [0.717, 1.165) is 0 Å².